The fraction of sp³-hybridized carbons (Fsp3) is 0.700. The molecule has 1 aliphatic rings. The second-order valence-electron chi connectivity index (χ2n) is 4.17. The third-order valence-corrected chi connectivity index (χ3v) is 3.38. The lowest BCUT2D eigenvalue weighted by molar-refractivity contribution is 0.0692. The van der Waals surface area contributed by atoms with Gasteiger partial charge in [-0.3, -0.25) is 9.48 Å². The van der Waals surface area contributed by atoms with Crippen molar-refractivity contribution in [3.05, 3.63) is 11.9 Å². The predicted molar refractivity (Wildman–Crippen MR) is 60.4 cm³/mol. The second kappa shape index (κ2) is 4.82. The third-order valence-electron chi connectivity index (χ3n) is 2.94. The van der Waals surface area contributed by atoms with Gasteiger partial charge in [-0.05, 0) is 18.8 Å². The number of hydrogen-bond donors (Lipinski definition) is 0. The number of likely N-dealkylation sites (tertiary alicyclic amines) is 1. The van der Waals surface area contributed by atoms with Gasteiger partial charge in [0.15, 0.2) is 5.69 Å². The van der Waals surface area contributed by atoms with E-state index in [0.29, 0.717) is 17.5 Å². The second-order valence-corrected chi connectivity index (χ2v) is 4.48. The minimum Gasteiger partial charge on any atom is -0.337 e. The molecule has 0 aliphatic carbocycles. The smallest absolute Gasteiger partial charge is 0.276 e. The number of aromatic nitrogens is 3. The van der Waals surface area contributed by atoms with Crippen molar-refractivity contribution >= 4 is 17.5 Å². The lowest BCUT2D eigenvalue weighted by Gasteiger charge is -2.30. The molecule has 2 heterocycles. The van der Waals surface area contributed by atoms with Crippen LogP contribution in [0.3, 0.4) is 0 Å². The Labute approximate surface area is 99.4 Å². The summed E-state index contributed by atoms with van der Waals surface area (Å²) in [6, 6.07) is 0. The highest BCUT2D eigenvalue weighted by Crippen LogP contribution is 2.19. The summed E-state index contributed by atoms with van der Waals surface area (Å²) in [5, 5.41) is 7.59. The largest absolute Gasteiger partial charge is 0.337 e. The molecule has 2 rings (SSSR count). The van der Waals surface area contributed by atoms with Crippen LogP contribution in [-0.4, -0.2) is 44.8 Å². The Morgan fingerprint density at radius 2 is 2.25 bits per heavy atom. The van der Waals surface area contributed by atoms with Crippen LogP contribution in [0.2, 0.25) is 0 Å². The molecule has 0 spiro atoms. The van der Waals surface area contributed by atoms with Crippen molar-refractivity contribution in [1.29, 1.82) is 0 Å². The highest BCUT2D eigenvalue weighted by Gasteiger charge is 2.24. The number of alkyl halides is 1. The number of amides is 1. The van der Waals surface area contributed by atoms with Gasteiger partial charge in [-0.2, -0.15) is 0 Å². The molecule has 0 unspecified atom stereocenters. The fourth-order valence-electron chi connectivity index (χ4n) is 1.90. The van der Waals surface area contributed by atoms with Crippen molar-refractivity contribution in [2.75, 3.05) is 19.0 Å². The van der Waals surface area contributed by atoms with Gasteiger partial charge in [0.05, 0.1) is 6.20 Å². The molecule has 5 nitrogen and oxygen atoms in total. The summed E-state index contributed by atoms with van der Waals surface area (Å²) in [5.74, 6) is 1.21. The maximum atomic E-state index is 12.0. The Kier molecular flexibility index (Phi) is 3.43. The van der Waals surface area contributed by atoms with Crippen molar-refractivity contribution < 1.29 is 4.79 Å². The zero-order valence-corrected chi connectivity index (χ0v) is 10.0. The molecule has 6 heteroatoms. The maximum Gasteiger partial charge on any atom is 0.276 e. The van der Waals surface area contributed by atoms with Crippen LogP contribution in [0.25, 0.3) is 0 Å². The van der Waals surface area contributed by atoms with Crippen molar-refractivity contribution in [2.45, 2.75) is 12.8 Å². The van der Waals surface area contributed by atoms with Gasteiger partial charge in [0.1, 0.15) is 0 Å². The fourth-order valence-corrected chi connectivity index (χ4v) is 2.21. The molecule has 0 bridgehead atoms. The number of carbonyl (C=O) groups is 1. The van der Waals surface area contributed by atoms with E-state index in [1.165, 1.54) is 0 Å². The topological polar surface area (TPSA) is 51.0 Å². The standard InChI is InChI=1S/C10H15ClN4O/c1-14-7-9(12-13-14)10(16)15-4-2-8(6-11)3-5-15/h7-8H,2-6H2,1H3. The third kappa shape index (κ3) is 2.35. The molecule has 0 saturated carbocycles. The molecule has 1 aliphatic heterocycles. The van der Waals surface area contributed by atoms with Crippen molar-refractivity contribution in [2.24, 2.45) is 13.0 Å². The van der Waals surface area contributed by atoms with Gasteiger partial charge >= 0.3 is 0 Å². The average molecular weight is 243 g/mol. The Morgan fingerprint density at radius 1 is 1.56 bits per heavy atom. The number of carbonyl (C=O) groups excluding carboxylic acids is 1. The summed E-state index contributed by atoms with van der Waals surface area (Å²) in [7, 11) is 1.75. The van der Waals surface area contributed by atoms with E-state index in [0.717, 1.165) is 25.9 Å². The van der Waals surface area contributed by atoms with E-state index in [9.17, 15) is 4.79 Å². The predicted octanol–water partition coefficient (Wildman–Crippen LogP) is 0.906. The van der Waals surface area contributed by atoms with Gasteiger partial charge in [-0.25, -0.2) is 0 Å². The Balaban J connectivity index is 1.96. The summed E-state index contributed by atoms with van der Waals surface area (Å²) >= 11 is 5.80. The van der Waals surface area contributed by atoms with Gasteiger partial charge < -0.3 is 4.90 Å². The van der Waals surface area contributed by atoms with Crippen LogP contribution < -0.4 is 0 Å². The van der Waals surface area contributed by atoms with Gasteiger partial charge in [0, 0.05) is 26.0 Å². The van der Waals surface area contributed by atoms with Gasteiger partial charge in [-0.15, -0.1) is 16.7 Å². The molecular formula is C10H15ClN4O. The number of piperidine rings is 1. The molecule has 1 saturated heterocycles. The van der Waals surface area contributed by atoms with E-state index >= 15 is 0 Å². The van der Waals surface area contributed by atoms with Crippen LogP contribution in [0, 0.1) is 5.92 Å². The highest BCUT2D eigenvalue weighted by molar-refractivity contribution is 6.18. The minimum atomic E-state index is -0.0267. The van der Waals surface area contributed by atoms with Gasteiger partial charge in [0.25, 0.3) is 5.91 Å². The van der Waals surface area contributed by atoms with E-state index < -0.39 is 0 Å². The van der Waals surface area contributed by atoms with Crippen LogP contribution in [0.15, 0.2) is 6.20 Å². The van der Waals surface area contributed by atoms with Crippen molar-refractivity contribution in [3.63, 3.8) is 0 Å². The SMILES string of the molecule is Cn1cc(C(=O)N2CCC(CCl)CC2)nn1. The van der Waals surface area contributed by atoms with Crippen molar-refractivity contribution in [1.82, 2.24) is 19.9 Å². The Bertz CT molecular complexity index is 371. The van der Waals surface area contributed by atoms with Crippen LogP contribution in [-0.2, 0) is 7.05 Å². The first kappa shape index (κ1) is 11.4. The molecule has 1 fully saturated rings. The monoisotopic (exact) mass is 242 g/mol. The number of nitrogens with zero attached hydrogens (tertiary/aromatic N) is 4. The highest BCUT2D eigenvalue weighted by atomic mass is 35.5. The summed E-state index contributed by atoms with van der Waals surface area (Å²) in [4.78, 5) is 13.8. The number of aryl methyl sites for hydroxylation is 1. The Morgan fingerprint density at radius 3 is 2.75 bits per heavy atom. The average Bonchev–Trinajstić information content (AvgIpc) is 2.75. The minimum absolute atomic E-state index is 0.0267. The lowest BCUT2D eigenvalue weighted by Crippen LogP contribution is -2.39. The Hall–Kier alpha value is -1.10. The van der Waals surface area contributed by atoms with E-state index in [-0.39, 0.29) is 5.91 Å². The molecule has 88 valence electrons. The van der Waals surface area contributed by atoms with Crippen LogP contribution in [0.4, 0.5) is 0 Å². The summed E-state index contributed by atoms with van der Waals surface area (Å²) in [5.41, 5.74) is 0.423. The number of hydrogen-bond acceptors (Lipinski definition) is 3. The molecule has 0 radical (unpaired) electrons. The molecule has 1 amide bonds. The van der Waals surface area contributed by atoms with Crippen LogP contribution >= 0.6 is 11.6 Å². The molecule has 16 heavy (non-hydrogen) atoms. The molecule has 0 N–H and O–H groups in total. The zero-order valence-electron chi connectivity index (χ0n) is 9.27. The van der Waals surface area contributed by atoms with E-state index in [1.807, 2.05) is 4.90 Å². The van der Waals surface area contributed by atoms with Crippen LogP contribution in [0.5, 0.6) is 0 Å². The van der Waals surface area contributed by atoms with E-state index in [2.05, 4.69) is 10.3 Å². The van der Waals surface area contributed by atoms with Gasteiger partial charge in [0.2, 0.25) is 0 Å². The first-order valence-electron chi connectivity index (χ1n) is 5.42. The van der Waals surface area contributed by atoms with E-state index in [1.54, 1.807) is 17.9 Å². The number of rotatable bonds is 2. The first-order chi connectivity index (χ1) is 7.70. The lowest BCUT2D eigenvalue weighted by atomic mass is 9.99. The summed E-state index contributed by atoms with van der Waals surface area (Å²) in [6.07, 6.45) is 3.61. The van der Waals surface area contributed by atoms with E-state index in [4.69, 9.17) is 11.6 Å². The number of halogens is 1. The molecular weight excluding hydrogens is 228 g/mol. The molecule has 0 atom stereocenters. The molecule has 1 aromatic rings. The normalized spacial score (nSPS) is 17.8. The molecule has 0 aromatic carbocycles. The van der Waals surface area contributed by atoms with Crippen LogP contribution in [0.1, 0.15) is 23.3 Å². The van der Waals surface area contributed by atoms with Gasteiger partial charge in [-0.1, -0.05) is 5.21 Å². The summed E-state index contributed by atoms with van der Waals surface area (Å²) in [6.45, 7) is 1.54. The molecule has 1 aromatic heterocycles. The first-order valence-corrected chi connectivity index (χ1v) is 5.95. The van der Waals surface area contributed by atoms with Crippen molar-refractivity contribution in [3.8, 4) is 0 Å². The zero-order chi connectivity index (χ0) is 11.5. The quantitative estimate of drug-likeness (QED) is 0.725. The summed E-state index contributed by atoms with van der Waals surface area (Å²) < 4.78 is 1.54. The maximum absolute atomic E-state index is 12.0.